The number of hydrogen-bond acceptors (Lipinski definition) is 6. The first-order valence-corrected chi connectivity index (χ1v) is 22.7. The molecule has 312 valence electrons. The first kappa shape index (κ1) is 42.3. The minimum absolute atomic E-state index is 0.128. The van der Waals surface area contributed by atoms with Crippen molar-refractivity contribution in [3.63, 3.8) is 0 Å². The molecule has 0 aromatic heterocycles. The van der Waals surface area contributed by atoms with E-state index in [9.17, 15) is 14.4 Å². The number of esters is 3. The van der Waals surface area contributed by atoms with Gasteiger partial charge in [0.25, 0.3) is 0 Å². The SMILES string of the molecule is [2H]C([2H])(OC(=O)CCCCCCCCCCCCC)C([2H])(OC(=O)CCCCCCC/C=C\CCCCCC)C([2H])([2H])OC(=O)CCCCCCCCCCCCC. The van der Waals surface area contributed by atoms with Gasteiger partial charge in [-0.3, -0.25) is 14.4 Å². The zero-order chi connectivity index (χ0) is 43.2. The van der Waals surface area contributed by atoms with Gasteiger partial charge in [0.05, 0.1) is 6.85 Å². The minimum Gasteiger partial charge on any atom is -0.462 e. The van der Waals surface area contributed by atoms with E-state index in [1.165, 1.54) is 103 Å². The lowest BCUT2D eigenvalue weighted by Crippen LogP contribution is -2.30. The molecule has 0 N–H and O–H groups in total. The molecule has 0 saturated carbocycles. The third-order valence-electron chi connectivity index (χ3n) is 9.84. The Morgan fingerprint density at radius 3 is 1.02 bits per heavy atom. The van der Waals surface area contributed by atoms with Crippen molar-refractivity contribution < 1.29 is 35.4 Å². The molecule has 0 aliphatic rings. The van der Waals surface area contributed by atoms with E-state index in [0.29, 0.717) is 25.7 Å². The van der Waals surface area contributed by atoms with Gasteiger partial charge in [-0.15, -0.1) is 0 Å². The molecule has 0 radical (unpaired) electrons. The zero-order valence-corrected chi connectivity index (χ0v) is 35.1. The molecule has 6 heteroatoms. The predicted molar refractivity (Wildman–Crippen MR) is 224 cm³/mol. The number of carbonyl (C=O) groups excluding carboxylic acids is 3. The first-order valence-electron chi connectivity index (χ1n) is 25.2. The quantitative estimate of drug-likeness (QED) is 0.0267. The summed E-state index contributed by atoms with van der Waals surface area (Å²) in [6, 6.07) is 0. The lowest BCUT2D eigenvalue weighted by atomic mass is 10.1. The first-order chi connectivity index (χ1) is 27.9. The smallest absolute Gasteiger partial charge is 0.306 e. The third-order valence-corrected chi connectivity index (χ3v) is 9.84. The number of ether oxygens (including phenoxy) is 3. The second-order valence-electron chi connectivity index (χ2n) is 15.2. The van der Waals surface area contributed by atoms with Crippen molar-refractivity contribution >= 4 is 17.9 Å². The van der Waals surface area contributed by atoms with Crippen molar-refractivity contribution in [1.29, 1.82) is 0 Å². The molecule has 0 bridgehead atoms. The maximum Gasteiger partial charge on any atom is 0.306 e. The predicted octanol–water partition coefficient (Wildman–Crippen LogP) is 14.6. The van der Waals surface area contributed by atoms with Crippen molar-refractivity contribution in [2.24, 2.45) is 0 Å². The van der Waals surface area contributed by atoms with Gasteiger partial charge in [-0.25, -0.2) is 0 Å². The van der Waals surface area contributed by atoms with Gasteiger partial charge >= 0.3 is 17.9 Å². The van der Waals surface area contributed by atoms with Crippen LogP contribution in [0.25, 0.3) is 0 Å². The summed E-state index contributed by atoms with van der Waals surface area (Å²) in [5, 5.41) is 0. The van der Waals surface area contributed by atoms with E-state index in [4.69, 9.17) is 21.1 Å². The molecule has 0 spiro atoms. The summed E-state index contributed by atoms with van der Waals surface area (Å²) < 4.78 is 58.4. The summed E-state index contributed by atoms with van der Waals surface area (Å²) in [6.45, 7) is -0.263. The van der Waals surface area contributed by atoms with Crippen LogP contribution in [0.1, 0.15) is 259 Å². The normalized spacial score (nSPS) is 13.6. The van der Waals surface area contributed by atoms with Gasteiger partial charge < -0.3 is 14.2 Å². The average molecular weight is 754 g/mol. The number of rotatable bonds is 42. The van der Waals surface area contributed by atoms with Gasteiger partial charge in [-0.05, 0) is 44.9 Å². The molecule has 0 aromatic rings. The fourth-order valence-corrected chi connectivity index (χ4v) is 6.39. The molecular weight excluding hydrogens is 661 g/mol. The molecule has 0 aliphatic heterocycles. The van der Waals surface area contributed by atoms with E-state index in [1.54, 1.807) is 0 Å². The van der Waals surface area contributed by atoms with Gasteiger partial charge in [-0.2, -0.15) is 0 Å². The summed E-state index contributed by atoms with van der Waals surface area (Å²) in [7, 11) is 0. The van der Waals surface area contributed by atoms with E-state index in [0.717, 1.165) is 83.5 Å². The zero-order valence-electron chi connectivity index (χ0n) is 40.1. The number of unbranched alkanes of at least 4 members (excludes halogenated alkanes) is 29. The fourth-order valence-electron chi connectivity index (χ4n) is 6.39. The van der Waals surface area contributed by atoms with Crippen LogP contribution in [0.4, 0.5) is 0 Å². The van der Waals surface area contributed by atoms with Crippen LogP contribution in [0.2, 0.25) is 0 Å². The summed E-state index contributed by atoms with van der Waals surface area (Å²) in [4.78, 5) is 38.7. The van der Waals surface area contributed by atoms with Crippen molar-refractivity contribution in [3.8, 4) is 0 Å². The van der Waals surface area contributed by atoms with Crippen molar-refractivity contribution in [2.75, 3.05) is 13.1 Å². The van der Waals surface area contributed by atoms with E-state index in [-0.39, 0.29) is 19.3 Å². The highest BCUT2D eigenvalue weighted by Crippen LogP contribution is 2.15. The highest BCUT2D eigenvalue weighted by molar-refractivity contribution is 5.71. The van der Waals surface area contributed by atoms with E-state index < -0.39 is 37.1 Å². The second kappa shape index (κ2) is 42.9. The van der Waals surface area contributed by atoms with Crippen LogP contribution in [0.15, 0.2) is 12.2 Å². The van der Waals surface area contributed by atoms with Crippen LogP contribution in [0.5, 0.6) is 0 Å². The van der Waals surface area contributed by atoms with Gasteiger partial charge in [0.15, 0.2) is 6.08 Å². The second-order valence-corrected chi connectivity index (χ2v) is 15.2. The van der Waals surface area contributed by atoms with Crippen LogP contribution >= 0.6 is 0 Å². The Labute approximate surface area is 336 Å². The Hall–Kier alpha value is -1.85. The summed E-state index contributed by atoms with van der Waals surface area (Å²) in [5.74, 6) is -2.96. The molecule has 0 rings (SSSR count). The Kier molecular flexibility index (Phi) is 34.2. The Bertz CT molecular complexity index is 985. The lowest BCUT2D eigenvalue weighted by Gasteiger charge is -2.18. The Morgan fingerprint density at radius 2 is 0.679 bits per heavy atom. The molecule has 0 unspecified atom stereocenters. The summed E-state index contributed by atoms with van der Waals surface area (Å²) in [6.07, 6.45) is 35.4. The molecule has 0 aromatic carbocycles. The molecule has 0 aliphatic carbocycles. The molecule has 0 atom stereocenters. The third kappa shape index (κ3) is 41.2. The van der Waals surface area contributed by atoms with E-state index in [1.807, 2.05) is 0 Å². The van der Waals surface area contributed by atoms with Crippen molar-refractivity contribution in [2.45, 2.75) is 258 Å². The fraction of sp³-hybridized carbons (Fsp3) is 0.894. The standard InChI is InChI=1S/C47H88O6/c1-4-7-10-13-16-19-22-23-26-29-32-35-38-41-47(50)53-44(42-51-45(48)39-36-33-30-27-24-20-17-14-11-8-5-2)43-52-46(49)40-37-34-31-28-25-21-18-15-12-9-6-3/h19,22,44H,4-18,20-21,23-43H2,1-3H3/b22-19-/i42D2,43D2,44D. The van der Waals surface area contributed by atoms with Gasteiger partial charge in [0.1, 0.15) is 13.1 Å². The van der Waals surface area contributed by atoms with Crippen LogP contribution in [-0.2, 0) is 28.6 Å². The van der Waals surface area contributed by atoms with Gasteiger partial charge in [0.2, 0.25) is 0 Å². The maximum atomic E-state index is 13.0. The maximum absolute atomic E-state index is 13.0. The highest BCUT2D eigenvalue weighted by Gasteiger charge is 2.19. The molecule has 0 fully saturated rings. The van der Waals surface area contributed by atoms with Gasteiger partial charge in [0, 0.05) is 19.3 Å². The van der Waals surface area contributed by atoms with Crippen LogP contribution in [-0.4, -0.2) is 37.1 Å². The van der Waals surface area contributed by atoms with Crippen LogP contribution in [0.3, 0.4) is 0 Å². The minimum atomic E-state index is -3.49. The van der Waals surface area contributed by atoms with Crippen LogP contribution in [0, 0.1) is 0 Å². The van der Waals surface area contributed by atoms with Crippen LogP contribution < -0.4 is 0 Å². The van der Waals surface area contributed by atoms with Crippen molar-refractivity contribution in [3.05, 3.63) is 12.2 Å². The molecule has 0 amide bonds. The van der Waals surface area contributed by atoms with E-state index >= 15 is 0 Å². The largest absolute Gasteiger partial charge is 0.462 e. The molecule has 53 heavy (non-hydrogen) atoms. The summed E-state index contributed by atoms with van der Waals surface area (Å²) >= 11 is 0. The Balaban J connectivity index is 5.10. The monoisotopic (exact) mass is 754 g/mol. The molecular formula is C47H88O6. The van der Waals surface area contributed by atoms with Crippen molar-refractivity contribution in [1.82, 2.24) is 0 Å². The molecule has 0 heterocycles. The molecule has 0 saturated heterocycles. The highest BCUT2D eigenvalue weighted by atomic mass is 16.6. The Morgan fingerprint density at radius 1 is 0.415 bits per heavy atom. The number of hydrogen-bond donors (Lipinski definition) is 0. The van der Waals surface area contributed by atoms with E-state index in [2.05, 4.69) is 32.9 Å². The van der Waals surface area contributed by atoms with Gasteiger partial charge in [-0.1, -0.05) is 200 Å². The number of carbonyl (C=O) groups is 3. The lowest BCUT2D eigenvalue weighted by molar-refractivity contribution is -0.167. The summed E-state index contributed by atoms with van der Waals surface area (Å²) in [5.41, 5.74) is 0. The number of allylic oxidation sites excluding steroid dienone is 2. The topological polar surface area (TPSA) is 78.9 Å². The molecule has 6 nitrogen and oxygen atoms in total. The average Bonchev–Trinajstić information content (AvgIpc) is 3.17.